The molecule has 0 unspecified atom stereocenters. The Balaban J connectivity index is 1.75. The summed E-state index contributed by atoms with van der Waals surface area (Å²) in [6.07, 6.45) is 1.62. The molecule has 0 N–H and O–H groups in total. The van der Waals surface area contributed by atoms with E-state index >= 15 is 0 Å². The average Bonchev–Trinajstić information content (AvgIpc) is 3.45. The minimum Gasteiger partial charge on any atom is -0.497 e. The monoisotopic (exact) mass is 429 g/mol. The summed E-state index contributed by atoms with van der Waals surface area (Å²) in [6, 6.07) is 13.4. The van der Waals surface area contributed by atoms with E-state index in [4.69, 9.17) is 20.8 Å². The van der Waals surface area contributed by atoms with Crippen molar-refractivity contribution < 1.29 is 9.15 Å². The van der Waals surface area contributed by atoms with Crippen molar-refractivity contribution in [3.63, 3.8) is 0 Å². The van der Waals surface area contributed by atoms with Crippen molar-refractivity contribution in [2.45, 2.75) is 15.9 Å². The van der Waals surface area contributed by atoms with Crippen molar-refractivity contribution >= 4 is 34.9 Å². The summed E-state index contributed by atoms with van der Waals surface area (Å²) in [7, 11) is 1.62. The molecular formula is C18H12ClN5O2S2. The van der Waals surface area contributed by atoms with E-state index in [1.54, 1.807) is 13.4 Å². The summed E-state index contributed by atoms with van der Waals surface area (Å²) in [4.78, 5) is 0. The van der Waals surface area contributed by atoms with Gasteiger partial charge in [0.05, 0.1) is 19.9 Å². The van der Waals surface area contributed by atoms with Gasteiger partial charge in [0, 0.05) is 5.56 Å². The van der Waals surface area contributed by atoms with E-state index in [2.05, 4.69) is 20.6 Å². The van der Waals surface area contributed by atoms with Crippen molar-refractivity contribution in [1.29, 1.82) is 5.26 Å². The number of methoxy groups -OCH3 is 1. The Kier molecular flexibility index (Phi) is 5.34. The molecule has 0 aliphatic carbocycles. The molecule has 140 valence electrons. The van der Waals surface area contributed by atoms with Crippen molar-refractivity contribution in [1.82, 2.24) is 19.1 Å². The Morgan fingerprint density at radius 1 is 1.29 bits per heavy atom. The Bertz CT molecular complexity index is 1130. The van der Waals surface area contributed by atoms with Crippen LogP contribution in [-0.2, 0) is 6.54 Å². The smallest absolute Gasteiger partial charge is 0.197 e. The lowest BCUT2D eigenvalue weighted by Gasteiger charge is -2.09. The third-order valence-corrected chi connectivity index (χ3v) is 6.24. The van der Waals surface area contributed by atoms with Gasteiger partial charge in [0.15, 0.2) is 16.1 Å². The minimum absolute atomic E-state index is 0.197. The quantitative estimate of drug-likeness (QED) is 0.437. The Morgan fingerprint density at radius 3 is 2.79 bits per heavy atom. The molecule has 0 saturated carbocycles. The summed E-state index contributed by atoms with van der Waals surface area (Å²) in [6.45, 7) is 0.443. The highest BCUT2D eigenvalue weighted by atomic mass is 35.5. The average molecular weight is 430 g/mol. The number of aromatic nitrogens is 4. The second-order valence-corrected chi connectivity index (χ2v) is 7.92. The van der Waals surface area contributed by atoms with E-state index in [1.165, 1.54) is 11.8 Å². The molecule has 0 atom stereocenters. The molecule has 0 aliphatic rings. The first-order chi connectivity index (χ1) is 13.7. The highest BCUT2D eigenvalue weighted by molar-refractivity contribution is 8.01. The molecule has 3 heterocycles. The summed E-state index contributed by atoms with van der Waals surface area (Å²) in [5.74, 6) is 2.20. The van der Waals surface area contributed by atoms with Crippen LogP contribution >= 0.6 is 34.9 Å². The molecular weight excluding hydrogens is 418 g/mol. The number of hydrogen-bond donors (Lipinski definition) is 0. The predicted octanol–water partition coefficient (Wildman–Crippen LogP) is 4.73. The van der Waals surface area contributed by atoms with Crippen LogP contribution in [0, 0.1) is 11.3 Å². The second-order valence-electron chi connectivity index (χ2n) is 5.55. The van der Waals surface area contributed by atoms with E-state index in [1.807, 2.05) is 41.0 Å². The number of nitrogens with zero attached hydrogens (tertiary/aromatic N) is 5. The van der Waals surface area contributed by atoms with Crippen molar-refractivity contribution in [2.24, 2.45) is 0 Å². The number of hydrogen-bond acceptors (Lipinski definition) is 8. The molecule has 0 radical (unpaired) electrons. The molecule has 7 nitrogen and oxygen atoms in total. The molecule has 0 fully saturated rings. The van der Waals surface area contributed by atoms with Crippen LogP contribution < -0.4 is 4.74 Å². The maximum atomic E-state index is 9.32. The lowest BCUT2D eigenvalue weighted by Crippen LogP contribution is -2.03. The first-order valence-electron chi connectivity index (χ1n) is 8.02. The van der Waals surface area contributed by atoms with Gasteiger partial charge in [-0.05, 0) is 59.7 Å². The maximum Gasteiger partial charge on any atom is 0.197 e. The van der Waals surface area contributed by atoms with Crippen LogP contribution in [-0.4, -0.2) is 26.2 Å². The van der Waals surface area contributed by atoms with Crippen LogP contribution in [0.15, 0.2) is 56.4 Å². The van der Waals surface area contributed by atoms with Crippen LogP contribution in [0.5, 0.6) is 5.75 Å². The van der Waals surface area contributed by atoms with Crippen molar-refractivity contribution in [2.75, 3.05) is 7.11 Å². The maximum absolute atomic E-state index is 9.32. The minimum atomic E-state index is 0.197. The van der Waals surface area contributed by atoms with E-state index in [-0.39, 0.29) is 5.15 Å². The van der Waals surface area contributed by atoms with Gasteiger partial charge in [0.2, 0.25) is 0 Å². The van der Waals surface area contributed by atoms with E-state index in [0.29, 0.717) is 27.3 Å². The van der Waals surface area contributed by atoms with E-state index in [9.17, 15) is 5.26 Å². The normalized spacial score (nSPS) is 10.8. The molecule has 3 aromatic heterocycles. The molecule has 0 saturated heterocycles. The summed E-state index contributed by atoms with van der Waals surface area (Å²) >= 11 is 8.45. The van der Waals surface area contributed by atoms with Crippen LogP contribution in [0.2, 0.25) is 5.15 Å². The first kappa shape index (κ1) is 18.6. The fourth-order valence-corrected chi connectivity index (χ4v) is 4.60. The lowest BCUT2D eigenvalue weighted by atomic mass is 10.2. The second kappa shape index (κ2) is 8.06. The van der Waals surface area contributed by atoms with Crippen LogP contribution in [0.3, 0.4) is 0 Å². The Labute approximate surface area is 173 Å². The van der Waals surface area contributed by atoms with Crippen molar-refractivity contribution in [3.8, 4) is 23.2 Å². The molecule has 0 aliphatic heterocycles. The topological polar surface area (TPSA) is 89.8 Å². The molecule has 28 heavy (non-hydrogen) atoms. The molecule has 1 aromatic carbocycles. The van der Waals surface area contributed by atoms with Gasteiger partial charge in [-0.3, -0.25) is 4.57 Å². The number of halogens is 1. The highest BCUT2D eigenvalue weighted by Gasteiger charge is 2.20. The van der Waals surface area contributed by atoms with E-state index < -0.39 is 0 Å². The van der Waals surface area contributed by atoms with Gasteiger partial charge < -0.3 is 9.15 Å². The van der Waals surface area contributed by atoms with Gasteiger partial charge in [0.25, 0.3) is 0 Å². The zero-order valence-corrected chi connectivity index (χ0v) is 16.9. The predicted molar refractivity (Wildman–Crippen MR) is 106 cm³/mol. The van der Waals surface area contributed by atoms with Gasteiger partial charge in [-0.25, -0.2) is 0 Å². The molecule has 10 heteroatoms. The van der Waals surface area contributed by atoms with E-state index in [0.717, 1.165) is 28.6 Å². The number of rotatable bonds is 6. The molecule has 4 aromatic rings. The van der Waals surface area contributed by atoms with Gasteiger partial charge in [-0.15, -0.1) is 10.2 Å². The third kappa shape index (κ3) is 3.62. The highest BCUT2D eigenvalue weighted by Crippen LogP contribution is 2.37. The van der Waals surface area contributed by atoms with Crippen LogP contribution in [0.1, 0.15) is 11.3 Å². The Hall–Kier alpha value is -2.80. The van der Waals surface area contributed by atoms with Gasteiger partial charge in [-0.1, -0.05) is 11.6 Å². The van der Waals surface area contributed by atoms with Gasteiger partial charge in [-0.2, -0.15) is 9.64 Å². The zero-order chi connectivity index (χ0) is 19.5. The number of furan rings is 1. The summed E-state index contributed by atoms with van der Waals surface area (Å²) < 4.78 is 17.4. The SMILES string of the molecule is COc1ccc(-c2nnc(Sc3snc(Cl)c3C#N)n2Cc2ccco2)cc1. The van der Waals surface area contributed by atoms with Gasteiger partial charge >= 0.3 is 0 Å². The fraction of sp³-hybridized carbons (Fsp3) is 0.111. The third-order valence-electron chi connectivity index (χ3n) is 3.87. The zero-order valence-electron chi connectivity index (χ0n) is 14.5. The number of ether oxygens (including phenoxy) is 1. The van der Waals surface area contributed by atoms with Crippen molar-refractivity contribution in [3.05, 3.63) is 59.1 Å². The number of benzene rings is 1. The molecule has 4 rings (SSSR count). The standard InChI is InChI=1S/C18H12ClN5O2S2/c1-25-12-6-4-11(5-7-12)16-21-22-18(24(16)10-13-3-2-8-26-13)27-17-14(9-20)15(19)23-28-17/h2-8H,10H2,1H3. The summed E-state index contributed by atoms with van der Waals surface area (Å²) in [5.41, 5.74) is 1.23. The van der Waals surface area contributed by atoms with Crippen LogP contribution in [0.4, 0.5) is 0 Å². The Morgan fingerprint density at radius 2 is 2.11 bits per heavy atom. The molecule has 0 spiro atoms. The number of nitriles is 1. The lowest BCUT2D eigenvalue weighted by molar-refractivity contribution is 0.415. The summed E-state index contributed by atoms with van der Waals surface area (Å²) in [5, 5.41) is 18.8. The van der Waals surface area contributed by atoms with Crippen LogP contribution in [0.25, 0.3) is 11.4 Å². The largest absolute Gasteiger partial charge is 0.497 e. The fourth-order valence-electron chi connectivity index (χ4n) is 2.52. The first-order valence-corrected chi connectivity index (χ1v) is 9.99. The molecule has 0 bridgehead atoms. The molecule has 0 amide bonds. The van der Waals surface area contributed by atoms with Gasteiger partial charge in [0.1, 0.15) is 27.4 Å².